The number of carbonyl (C=O) groups is 1. The topological polar surface area (TPSA) is 37.3 Å². The smallest absolute Gasteiger partial charge is 0.323 e. The molecule has 5 heavy (non-hydrogen) atoms. The van der Waals surface area contributed by atoms with E-state index in [4.69, 9.17) is 5.11 Å². The number of aliphatic hydroxyl groups is 1. The van der Waals surface area contributed by atoms with Crippen molar-refractivity contribution in [1.29, 1.82) is 0 Å². The summed E-state index contributed by atoms with van der Waals surface area (Å²) in [5.41, 5.74) is 0. The van der Waals surface area contributed by atoms with Crippen molar-refractivity contribution in [1.82, 2.24) is 0 Å². The predicted octanol–water partition coefficient (Wildman–Crippen LogP) is -1.86. The number of hydrogen-bond acceptors (Lipinski definition) is 2. The van der Waals surface area contributed by atoms with E-state index < -0.39 is 0 Å². The Morgan fingerprint density at radius 1 is 2.00 bits per heavy atom. The normalized spacial score (nSPS) is 7.40. The summed E-state index contributed by atoms with van der Waals surface area (Å²) in [5, 5.41) is 7.83. The third kappa shape index (κ3) is 4.16. The Kier molecular flexibility index (Phi) is 2.48. The van der Waals surface area contributed by atoms with E-state index in [0.29, 0.717) is 16.3 Å². The molecule has 0 aromatic heterocycles. The van der Waals surface area contributed by atoms with Crippen molar-refractivity contribution < 1.29 is 9.90 Å². The zero-order valence-electron chi connectivity index (χ0n) is 3.06. The molecule has 0 aliphatic carbocycles. The van der Waals surface area contributed by atoms with Crippen LogP contribution in [-0.4, -0.2) is 32.6 Å². The molecule has 0 aliphatic heterocycles. The molecule has 0 heterocycles. The molecule has 0 bridgehead atoms. The lowest BCUT2D eigenvalue weighted by Gasteiger charge is -1.72. The predicted molar refractivity (Wildman–Crippen MR) is 20.6 cm³/mol. The zero-order valence-corrected chi connectivity index (χ0v) is 5.06. The third-order valence-corrected chi connectivity index (χ3v) is 0.539. The van der Waals surface area contributed by atoms with Crippen molar-refractivity contribution in [2.24, 2.45) is 0 Å². The van der Waals surface area contributed by atoms with E-state index in [9.17, 15) is 4.79 Å². The second-order valence-electron chi connectivity index (χ2n) is 0.860. The molecule has 3 heteroatoms. The second-order valence-corrected chi connectivity index (χ2v) is 1.98. The number of carbonyl (C=O) groups excluding carboxylic acids is 1. The van der Waals surface area contributed by atoms with Gasteiger partial charge in [0.1, 0.15) is 0 Å². The van der Waals surface area contributed by atoms with Gasteiger partial charge in [-0.2, -0.15) is 0 Å². The molecule has 2 nitrogen and oxygen atoms in total. The first-order chi connectivity index (χ1) is 2.27. The highest BCUT2D eigenvalue weighted by molar-refractivity contribution is 6.58. The quantitative estimate of drug-likeness (QED) is 0.381. The van der Waals surface area contributed by atoms with Crippen LogP contribution in [0.2, 0.25) is 0 Å². The van der Waals surface area contributed by atoms with Gasteiger partial charge >= 0.3 is 16.3 Å². The number of hydrogen-bond donors (Lipinski definition) is 1. The average molecular weight is 88.0 g/mol. The summed E-state index contributed by atoms with van der Waals surface area (Å²) in [4.78, 5) is 9.62. The molecule has 0 spiro atoms. The lowest BCUT2D eigenvalue weighted by Crippen LogP contribution is -2.00. The van der Waals surface area contributed by atoms with Gasteiger partial charge in [0.05, 0.1) is 11.3 Å². The van der Waals surface area contributed by atoms with Crippen LogP contribution >= 0.6 is 0 Å². The molecule has 0 aromatic carbocycles. The minimum absolute atomic E-state index is 0.0509. The first kappa shape index (κ1) is 5.16. The molecule has 0 aliphatic rings. The lowest BCUT2D eigenvalue weighted by atomic mass is 10.8. The van der Waals surface area contributed by atoms with Crippen LogP contribution in [0.4, 0.5) is 0 Å². The summed E-state index contributed by atoms with van der Waals surface area (Å²) in [5.74, 6) is 0. The van der Waals surface area contributed by atoms with Gasteiger partial charge in [0.25, 0.3) is 0 Å². The summed E-state index contributed by atoms with van der Waals surface area (Å²) in [6.07, 6.45) is 0. The molecule has 0 radical (unpaired) electrons. The van der Waals surface area contributed by atoms with Gasteiger partial charge in [-0.1, -0.05) is 0 Å². The fraction of sp³-hybridized carbons (Fsp3) is 0.500. The van der Waals surface area contributed by atoms with Crippen molar-refractivity contribution in [2.75, 3.05) is 6.61 Å². The van der Waals surface area contributed by atoms with Gasteiger partial charge in [0.15, 0.2) is 0 Å². The highest BCUT2D eigenvalue weighted by Gasteiger charge is 1.79. The van der Waals surface area contributed by atoms with Gasteiger partial charge in [-0.3, -0.25) is 0 Å². The minimum atomic E-state index is -0.272. The van der Waals surface area contributed by atoms with E-state index in [1.54, 1.807) is 0 Å². The Hall–Kier alpha value is 0.162. The Bertz CT molecular complexity index is 42.9. The molecular weight excluding hydrogens is 83.0 g/mol. The van der Waals surface area contributed by atoms with E-state index in [-0.39, 0.29) is 11.3 Å². The molecule has 0 saturated carbocycles. The van der Waals surface area contributed by atoms with Gasteiger partial charge in [-0.05, 0) is 0 Å². The van der Waals surface area contributed by atoms with Crippen LogP contribution in [0.5, 0.6) is 0 Å². The maximum absolute atomic E-state index is 9.62. The van der Waals surface area contributed by atoms with Gasteiger partial charge in [-0.25, -0.2) is 0 Å². The van der Waals surface area contributed by atoms with Crippen LogP contribution in [0.25, 0.3) is 0 Å². The van der Waals surface area contributed by atoms with E-state index in [1.807, 2.05) is 0 Å². The fourth-order valence-electron chi connectivity index (χ4n) is 0. The maximum atomic E-state index is 9.62. The SMILES string of the molecule is O=[C]([AlH2])CO. The largest absolute Gasteiger partial charge is 0.390 e. The number of rotatable bonds is 1. The van der Waals surface area contributed by atoms with Crippen LogP contribution < -0.4 is 0 Å². The molecule has 0 saturated heterocycles. The molecule has 0 amide bonds. The van der Waals surface area contributed by atoms with Crippen molar-refractivity contribution in [3.63, 3.8) is 0 Å². The van der Waals surface area contributed by atoms with Crippen LogP contribution in [0.3, 0.4) is 0 Å². The molecule has 0 atom stereocenters. The monoisotopic (exact) mass is 88.0 g/mol. The second kappa shape index (κ2) is 2.40. The van der Waals surface area contributed by atoms with Crippen LogP contribution in [0.15, 0.2) is 0 Å². The lowest BCUT2D eigenvalue weighted by molar-refractivity contribution is -0.114. The van der Waals surface area contributed by atoms with E-state index in [0.717, 1.165) is 0 Å². The van der Waals surface area contributed by atoms with Crippen molar-refractivity contribution in [3.05, 3.63) is 0 Å². The molecule has 1 N–H and O–H groups in total. The summed E-state index contributed by atoms with van der Waals surface area (Å²) in [6, 6.07) is 0. The van der Waals surface area contributed by atoms with E-state index >= 15 is 0 Å². The molecule has 0 rings (SSSR count). The molecular formula is C2H5AlO2. The van der Waals surface area contributed by atoms with Crippen LogP contribution in [-0.2, 0) is 4.79 Å². The Balaban J connectivity index is 2.85. The van der Waals surface area contributed by atoms with Crippen molar-refractivity contribution in [3.8, 4) is 0 Å². The Labute approximate surface area is 38.2 Å². The maximum Gasteiger partial charge on any atom is 0.323 e. The molecule has 0 unspecified atom stereocenters. The summed E-state index contributed by atoms with van der Waals surface area (Å²) >= 11 is 0.481. The van der Waals surface area contributed by atoms with E-state index in [2.05, 4.69) is 0 Å². The van der Waals surface area contributed by atoms with Crippen LogP contribution in [0, 0.1) is 0 Å². The van der Waals surface area contributed by atoms with Gasteiger partial charge in [0, 0.05) is 0 Å². The fourth-order valence-corrected chi connectivity index (χ4v) is 0. The van der Waals surface area contributed by atoms with Crippen LogP contribution in [0.1, 0.15) is 0 Å². The molecule has 0 fully saturated rings. The number of aliphatic hydroxyl groups excluding tert-OH is 1. The Morgan fingerprint density at radius 2 is 2.20 bits per heavy atom. The first-order valence-electron chi connectivity index (χ1n) is 1.37. The van der Waals surface area contributed by atoms with E-state index in [1.165, 1.54) is 0 Å². The average Bonchev–Trinajstić information content (AvgIpc) is 1.38. The van der Waals surface area contributed by atoms with Crippen molar-refractivity contribution in [2.45, 2.75) is 0 Å². The standard InChI is InChI=1S/C2H3O2.Al.2H/c3-1-2-4;;;/h3H,1H2;;;. The van der Waals surface area contributed by atoms with Gasteiger partial charge in [0.2, 0.25) is 0 Å². The minimum Gasteiger partial charge on any atom is -0.390 e. The highest BCUT2D eigenvalue weighted by Crippen LogP contribution is 1.47. The van der Waals surface area contributed by atoms with Crippen molar-refractivity contribution >= 4 is 20.9 Å². The summed E-state index contributed by atoms with van der Waals surface area (Å²) in [7, 11) is 0. The third-order valence-electron chi connectivity index (χ3n) is 0.223. The summed E-state index contributed by atoms with van der Waals surface area (Å²) < 4.78 is -0.0509. The highest BCUT2D eigenvalue weighted by atomic mass is 27.0. The zero-order chi connectivity index (χ0) is 4.28. The summed E-state index contributed by atoms with van der Waals surface area (Å²) in [6.45, 7) is -0.272. The van der Waals surface area contributed by atoms with Gasteiger partial charge in [-0.15, -0.1) is 0 Å². The first-order valence-corrected chi connectivity index (χ1v) is 2.37. The molecule has 28 valence electrons. The molecule has 0 aromatic rings. The Morgan fingerprint density at radius 3 is 2.20 bits per heavy atom. The van der Waals surface area contributed by atoms with Gasteiger partial charge < -0.3 is 9.90 Å².